The van der Waals surface area contributed by atoms with Gasteiger partial charge < -0.3 is 15.7 Å². The van der Waals surface area contributed by atoms with E-state index in [0.717, 1.165) is 31.8 Å². The highest BCUT2D eigenvalue weighted by Crippen LogP contribution is 2.29. The molecule has 0 amide bonds. The Kier molecular flexibility index (Phi) is 5.23. The van der Waals surface area contributed by atoms with Crippen LogP contribution in [0.5, 0.6) is 0 Å². The van der Waals surface area contributed by atoms with Gasteiger partial charge in [0.1, 0.15) is 0 Å². The molecule has 19 heavy (non-hydrogen) atoms. The van der Waals surface area contributed by atoms with Crippen molar-refractivity contribution in [3.63, 3.8) is 0 Å². The molecule has 2 fully saturated rings. The van der Waals surface area contributed by atoms with Crippen molar-refractivity contribution in [2.45, 2.75) is 63.1 Å². The first-order chi connectivity index (χ1) is 9.08. The zero-order valence-electron chi connectivity index (χ0n) is 12.6. The summed E-state index contributed by atoms with van der Waals surface area (Å²) in [5.41, 5.74) is 5.93. The van der Waals surface area contributed by atoms with Crippen LogP contribution in [0.3, 0.4) is 0 Å². The first-order valence-corrected chi connectivity index (χ1v) is 7.92. The second-order valence-electron chi connectivity index (χ2n) is 6.63. The Labute approximate surface area is 117 Å². The van der Waals surface area contributed by atoms with Crippen molar-refractivity contribution in [1.82, 2.24) is 9.80 Å². The molecule has 3 N–H and O–H groups in total. The van der Waals surface area contributed by atoms with Gasteiger partial charge in [-0.2, -0.15) is 0 Å². The molecule has 1 saturated carbocycles. The molecule has 1 aliphatic carbocycles. The molecule has 4 heteroatoms. The van der Waals surface area contributed by atoms with Crippen LogP contribution in [0.15, 0.2) is 0 Å². The Morgan fingerprint density at radius 1 is 1.37 bits per heavy atom. The summed E-state index contributed by atoms with van der Waals surface area (Å²) < 4.78 is 0. The highest BCUT2D eigenvalue weighted by atomic mass is 16.3. The summed E-state index contributed by atoms with van der Waals surface area (Å²) in [7, 11) is 2.24. The molecule has 1 aliphatic heterocycles. The molecule has 0 aromatic carbocycles. The monoisotopic (exact) mass is 269 g/mol. The maximum atomic E-state index is 9.46. The lowest BCUT2D eigenvalue weighted by Crippen LogP contribution is -2.53. The number of aliphatic hydroxyl groups is 1. The van der Waals surface area contributed by atoms with Gasteiger partial charge in [0.15, 0.2) is 0 Å². The third-order valence-electron chi connectivity index (χ3n) is 5.20. The first kappa shape index (κ1) is 15.2. The highest BCUT2D eigenvalue weighted by Gasteiger charge is 2.35. The molecule has 0 aromatic heterocycles. The normalized spacial score (nSPS) is 37.1. The topological polar surface area (TPSA) is 52.7 Å². The quantitative estimate of drug-likeness (QED) is 0.783. The van der Waals surface area contributed by atoms with Crippen LogP contribution in [0, 0.1) is 0 Å². The van der Waals surface area contributed by atoms with Crippen LogP contribution >= 0.6 is 0 Å². The summed E-state index contributed by atoms with van der Waals surface area (Å²) in [6.07, 6.45) is 6.97. The van der Waals surface area contributed by atoms with Crippen molar-refractivity contribution < 1.29 is 5.11 Å². The summed E-state index contributed by atoms with van der Waals surface area (Å²) in [6.45, 7) is 5.97. The molecular formula is C15H31N3O. The van der Waals surface area contributed by atoms with Crippen LogP contribution in [0.4, 0.5) is 0 Å². The molecule has 0 aromatic rings. The van der Waals surface area contributed by atoms with E-state index in [4.69, 9.17) is 5.73 Å². The average molecular weight is 269 g/mol. The van der Waals surface area contributed by atoms with E-state index in [-0.39, 0.29) is 12.1 Å². The van der Waals surface area contributed by atoms with Gasteiger partial charge in [-0.25, -0.2) is 0 Å². The van der Waals surface area contributed by atoms with Gasteiger partial charge in [0.25, 0.3) is 0 Å². The first-order valence-electron chi connectivity index (χ1n) is 7.92. The number of aliphatic hydroxyl groups excluding tert-OH is 1. The Bertz CT molecular complexity index is 287. The highest BCUT2D eigenvalue weighted by molar-refractivity contribution is 4.94. The van der Waals surface area contributed by atoms with Crippen LogP contribution in [-0.2, 0) is 0 Å². The van der Waals surface area contributed by atoms with Gasteiger partial charge in [-0.05, 0) is 58.7 Å². The molecule has 4 nitrogen and oxygen atoms in total. The minimum absolute atomic E-state index is 0.127. The van der Waals surface area contributed by atoms with Crippen molar-refractivity contribution in [3.8, 4) is 0 Å². The van der Waals surface area contributed by atoms with E-state index in [1.54, 1.807) is 0 Å². The smallest absolute Gasteiger partial charge is 0.0611 e. The van der Waals surface area contributed by atoms with E-state index >= 15 is 0 Å². The zero-order chi connectivity index (χ0) is 13.9. The van der Waals surface area contributed by atoms with Gasteiger partial charge in [0.2, 0.25) is 0 Å². The lowest BCUT2D eigenvalue weighted by atomic mass is 9.79. The Balaban J connectivity index is 1.87. The second kappa shape index (κ2) is 6.53. The maximum Gasteiger partial charge on any atom is 0.0611 e. The summed E-state index contributed by atoms with van der Waals surface area (Å²) in [4.78, 5) is 5.09. The van der Waals surface area contributed by atoms with Crippen LogP contribution in [-0.4, -0.2) is 65.8 Å². The molecule has 3 atom stereocenters. The second-order valence-corrected chi connectivity index (χ2v) is 6.63. The lowest BCUT2D eigenvalue weighted by molar-refractivity contribution is 0.0803. The maximum absolute atomic E-state index is 9.46. The minimum atomic E-state index is -0.336. The Morgan fingerprint density at radius 3 is 2.84 bits per heavy atom. The van der Waals surface area contributed by atoms with Gasteiger partial charge in [-0.15, -0.1) is 0 Å². The fourth-order valence-electron chi connectivity index (χ4n) is 3.88. The Morgan fingerprint density at radius 2 is 2.16 bits per heavy atom. The van der Waals surface area contributed by atoms with Gasteiger partial charge >= 0.3 is 0 Å². The molecule has 0 bridgehead atoms. The van der Waals surface area contributed by atoms with Crippen molar-refractivity contribution in [2.75, 3.05) is 33.3 Å². The third-order valence-corrected chi connectivity index (χ3v) is 5.20. The predicted molar refractivity (Wildman–Crippen MR) is 79.2 cm³/mol. The SMILES string of the molecule is CCN1CCCC1CN(C)C1CCCC(N)(CO)C1. The summed E-state index contributed by atoms with van der Waals surface area (Å²) in [5, 5.41) is 9.46. The van der Waals surface area contributed by atoms with Crippen molar-refractivity contribution in [2.24, 2.45) is 5.73 Å². The molecular weight excluding hydrogens is 238 g/mol. The number of nitrogens with zero attached hydrogens (tertiary/aromatic N) is 2. The summed E-state index contributed by atoms with van der Waals surface area (Å²) in [5.74, 6) is 0. The molecule has 2 rings (SSSR count). The van der Waals surface area contributed by atoms with E-state index in [2.05, 4.69) is 23.8 Å². The van der Waals surface area contributed by atoms with E-state index in [1.165, 1.54) is 32.4 Å². The lowest BCUT2D eigenvalue weighted by Gasteiger charge is -2.42. The summed E-state index contributed by atoms with van der Waals surface area (Å²) >= 11 is 0. The van der Waals surface area contributed by atoms with Gasteiger partial charge in [-0.3, -0.25) is 4.90 Å². The van der Waals surface area contributed by atoms with Crippen LogP contribution in [0.2, 0.25) is 0 Å². The fraction of sp³-hybridized carbons (Fsp3) is 1.00. The number of hydrogen-bond donors (Lipinski definition) is 2. The van der Waals surface area contributed by atoms with E-state index in [1.807, 2.05) is 0 Å². The van der Waals surface area contributed by atoms with E-state index in [9.17, 15) is 5.11 Å². The predicted octanol–water partition coefficient (Wildman–Crippen LogP) is 1.03. The van der Waals surface area contributed by atoms with Gasteiger partial charge in [-0.1, -0.05) is 6.92 Å². The molecule has 1 heterocycles. The van der Waals surface area contributed by atoms with Crippen molar-refractivity contribution in [1.29, 1.82) is 0 Å². The fourth-order valence-corrected chi connectivity index (χ4v) is 3.88. The number of rotatable bonds is 5. The molecule has 2 aliphatic rings. The van der Waals surface area contributed by atoms with Gasteiger partial charge in [0.05, 0.1) is 6.61 Å². The number of hydrogen-bond acceptors (Lipinski definition) is 4. The standard InChI is InChI=1S/C15H31N3O/c1-3-18-9-5-7-14(18)11-17(2)13-6-4-8-15(16,10-13)12-19/h13-14,19H,3-12,16H2,1-2H3. The van der Waals surface area contributed by atoms with Crippen molar-refractivity contribution >= 4 is 0 Å². The molecule has 0 radical (unpaired) electrons. The van der Waals surface area contributed by atoms with Crippen LogP contribution in [0.25, 0.3) is 0 Å². The minimum Gasteiger partial charge on any atom is -0.394 e. The van der Waals surface area contributed by atoms with Crippen LogP contribution in [0.1, 0.15) is 45.4 Å². The molecule has 1 saturated heterocycles. The zero-order valence-corrected chi connectivity index (χ0v) is 12.6. The average Bonchev–Trinajstić information content (AvgIpc) is 2.86. The largest absolute Gasteiger partial charge is 0.394 e. The molecule has 112 valence electrons. The molecule has 3 unspecified atom stereocenters. The van der Waals surface area contributed by atoms with E-state index < -0.39 is 0 Å². The van der Waals surface area contributed by atoms with E-state index in [0.29, 0.717) is 6.04 Å². The molecule has 0 spiro atoms. The van der Waals surface area contributed by atoms with Crippen molar-refractivity contribution in [3.05, 3.63) is 0 Å². The van der Waals surface area contributed by atoms with Crippen LogP contribution < -0.4 is 5.73 Å². The Hall–Kier alpha value is -0.160. The number of nitrogens with two attached hydrogens (primary N) is 1. The number of likely N-dealkylation sites (tertiary alicyclic amines) is 1. The number of likely N-dealkylation sites (N-methyl/N-ethyl adjacent to an activating group) is 2. The summed E-state index contributed by atoms with van der Waals surface area (Å²) in [6, 6.07) is 1.27. The van der Waals surface area contributed by atoms with Gasteiger partial charge in [0, 0.05) is 24.2 Å². The third kappa shape index (κ3) is 3.69.